The maximum Gasteiger partial charge on any atom is 0.343 e. The second kappa shape index (κ2) is 7.00. The first-order chi connectivity index (χ1) is 9.70. The fraction of sp³-hybridized carbons (Fsp3) is 0.214. The summed E-state index contributed by atoms with van der Waals surface area (Å²) in [6.07, 6.45) is 5.75. The van der Waals surface area contributed by atoms with Gasteiger partial charge in [-0.3, -0.25) is 4.98 Å². The number of rotatable bonds is 5. The summed E-state index contributed by atoms with van der Waals surface area (Å²) >= 11 is 3.27. The van der Waals surface area contributed by atoms with Crippen molar-refractivity contribution in [1.29, 1.82) is 0 Å². The molecule has 0 bridgehead atoms. The van der Waals surface area contributed by atoms with Crippen LogP contribution in [0, 0.1) is 0 Å². The van der Waals surface area contributed by atoms with Crippen molar-refractivity contribution in [2.75, 3.05) is 13.7 Å². The number of esters is 1. The Morgan fingerprint density at radius 3 is 2.80 bits per heavy atom. The molecule has 0 aliphatic carbocycles. The number of carbonyl (C=O) groups is 1. The highest BCUT2D eigenvalue weighted by atomic mass is 79.9. The summed E-state index contributed by atoms with van der Waals surface area (Å²) in [5, 5.41) is 0. The van der Waals surface area contributed by atoms with E-state index in [2.05, 4.69) is 25.9 Å². The first-order valence-corrected chi connectivity index (χ1v) is 6.75. The molecule has 2 aromatic heterocycles. The number of hydrogen-bond donors (Lipinski definition) is 0. The maximum absolute atomic E-state index is 11.6. The van der Waals surface area contributed by atoms with Crippen LogP contribution in [0.3, 0.4) is 0 Å². The van der Waals surface area contributed by atoms with Crippen LogP contribution in [0.1, 0.15) is 15.9 Å². The van der Waals surface area contributed by atoms with E-state index >= 15 is 0 Å². The molecule has 0 saturated heterocycles. The van der Waals surface area contributed by atoms with Gasteiger partial charge in [0.2, 0.25) is 5.88 Å². The molecule has 0 fully saturated rings. The minimum absolute atomic E-state index is 0.272. The summed E-state index contributed by atoms with van der Waals surface area (Å²) in [5.74, 6) is -0.202. The predicted molar refractivity (Wildman–Crippen MR) is 76.7 cm³/mol. The quantitative estimate of drug-likeness (QED) is 0.785. The number of aromatic nitrogens is 2. The molecule has 0 spiro atoms. The molecule has 20 heavy (non-hydrogen) atoms. The Hall–Kier alpha value is -1.95. The molecule has 5 nitrogen and oxygen atoms in total. The van der Waals surface area contributed by atoms with Crippen molar-refractivity contribution in [3.8, 4) is 5.88 Å². The van der Waals surface area contributed by atoms with Crippen LogP contribution in [0.25, 0.3) is 0 Å². The molecule has 0 unspecified atom stereocenters. The van der Waals surface area contributed by atoms with Crippen LogP contribution in [0.2, 0.25) is 0 Å². The van der Waals surface area contributed by atoms with Crippen molar-refractivity contribution in [3.05, 3.63) is 52.4 Å². The minimum atomic E-state index is -0.474. The topological polar surface area (TPSA) is 61.3 Å². The average Bonchev–Trinajstić information content (AvgIpc) is 2.49. The van der Waals surface area contributed by atoms with Gasteiger partial charge in [-0.1, -0.05) is 0 Å². The molecular formula is C14H13BrN2O3. The van der Waals surface area contributed by atoms with E-state index in [1.807, 2.05) is 12.1 Å². The maximum atomic E-state index is 11.6. The fourth-order valence-electron chi connectivity index (χ4n) is 1.61. The van der Waals surface area contributed by atoms with Crippen LogP contribution in [0.15, 0.2) is 41.3 Å². The van der Waals surface area contributed by atoms with Crippen LogP contribution in [-0.4, -0.2) is 29.7 Å². The van der Waals surface area contributed by atoms with Gasteiger partial charge in [-0.25, -0.2) is 9.78 Å². The van der Waals surface area contributed by atoms with Crippen molar-refractivity contribution in [2.24, 2.45) is 0 Å². The van der Waals surface area contributed by atoms with Gasteiger partial charge in [-0.2, -0.15) is 0 Å². The molecule has 104 valence electrons. The molecule has 0 aliphatic heterocycles. The van der Waals surface area contributed by atoms with Gasteiger partial charge in [0, 0.05) is 29.5 Å². The third-order valence-electron chi connectivity index (χ3n) is 2.60. The second-order valence-electron chi connectivity index (χ2n) is 3.95. The first-order valence-electron chi connectivity index (χ1n) is 5.96. The molecule has 0 amide bonds. The van der Waals surface area contributed by atoms with Crippen LogP contribution in [0.5, 0.6) is 5.88 Å². The molecule has 0 aromatic carbocycles. The second-order valence-corrected chi connectivity index (χ2v) is 4.87. The molecule has 2 heterocycles. The molecular weight excluding hydrogens is 324 g/mol. The van der Waals surface area contributed by atoms with Gasteiger partial charge in [0.15, 0.2) is 0 Å². The highest BCUT2D eigenvalue weighted by Crippen LogP contribution is 2.21. The summed E-state index contributed by atoms with van der Waals surface area (Å²) in [6.45, 7) is 0.419. The van der Waals surface area contributed by atoms with Crippen molar-refractivity contribution in [3.63, 3.8) is 0 Å². The Kier molecular flexibility index (Phi) is 5.06. The first kappa shape index (κ1) is 14.5. The molecule has 0 saturated carbocycles. The van der Waals surface area contributed by atoms with Crippen LogP contribution >= 0.6 is 15.9 Å². The summed E-state index contributed by atoms with van der Waals surface area (Å²) in [4.78, 5) is 19.7. The predicted octanol–water partition coefficient (Wildman–Crippen LogP) is 2.65. The Morgan fingerprint density at radius 1 is 1.35 bits per heavy atom. The summed E-state index contributed by atoms with van der Waals surface area (Å²) < 4.78 is 11.0. The molecule has 0 radical (unpaired) electrons. The van der Waals surface area contributed by atoms with Crippen molar-refractivity contribution in [2.45, 2.75) is 6.42 Å². The lowest BCUT2D eigenvalue weighted by Crippen LogP contribution is -2.09. The number of halogens is 1. The number of methoxy groups -OCH3 is 1. The lowest BCUT2D eigenvalue weighted by molar-refractivity contribution is 0.0595. The molecule has 0 atom stereocenters. The van der Waals surface area contributed by atoms with E-state index in [-0.39, 0.29) is 5.88 Å². The third kappa shape index (κ3) is 3.77. The lowest BCUT2D eigenvalue weighted by atomic mass is 10.2. The Morgan fingerprint density at radius 2 is 2.10 bits per heavy atom. The molecule has 6 heteroatoms. The van der Waals surface area contributed by atoms with E-state index in [0.717, 1.165) is 5.56 Å². The zero-order valence-electron chi connectivity index (χ0n) is 10.9. The molecule has 0 N–H and O–H groups in total. The van der Waals surface area contributed by atoms with Gasteiger partial charge in [0.05, 0.1) is 13.7 Å². The average molecular weight is 337 g/mol. The summed E-state index contributed by atoms with van der Waals surface area (Å²) in [7, 11) is 1.32. The zero-order valence-corrected chi connectivity index (χ0v) is 12.5. The van der Waals surface area contributed by atoms with E-state index in [4.69, 9.17) is 9.47 Å². The third-order valence-corrected chi connectivity index (χ3v) is 3.04. The van der Waals surface area contributed by atoms with E-state index in [1.54, 1.807) is 24.7 Å². The zero-order chi connectivity index (χ0) is 14.4. The molecule has 2 rings (SSSR count). The van der Waals surface area contributed by atoms with E-state index in [0.29, 0.717) is 23.1 Å². The number of pyridine rings is 2. The van der Waals surface area contributed by atoms with Crippen LogP contribution in [-0.2, 0) is 11.2 Å². The van der Waals surface area contributed by atoms with E-state index < -0.39 is 5.97 Å². The van der Waals surface area contributed by atoms with Gasteiger partial charge in [0.1, 0.15) is 5.56 Å². The smallest absolute Gasteiger partial charge is 0.343 e. The van der Waals surface area contributed by atoms with Crippen molar-refractivity contribution in [1.82, 2.24) is 9.97 Å². The van der Waals surface area contributed by atoms with Gasteiger partial charge in [0.25, 0.3) is 0 Å². The Balaban J connectivity index is 2.04. The Bertz CT molecular complexity index is 590. The molecule has 0 aliphatic rings. The van der Waals surface area contributed by atoms with Gasteiger partial charge in [-0.15, -0.1) is 0 Å². The van der Waals surface area contributed by atoms with Crippen LogP contribution < -0.4 is 4.74 Å². The fourth-order valence-corrected chi connectivity index (χ4v) is 1.94. The van der Waals surface area contributed by atoms with Gasteiger partial charge < -0.3 is 9.47 Å². The van der Waals surface area contributed by atoms with Crippen LogP contribution in [0.4, 0.5) is 0 Å². The number of ether oxygens (including phenoxy) is 2. The standard InChI is InChI=1S/C14H13BrN2O3/c1-19-14(18)12-8-11(15)9-17-13(12)20-7-4-10-2-5-16-6-3-10/h2-3,5-6,8-9H,4,7H2,1H3. The molecule has 2 aromatic rings. The largest absolute Gasteiger partial charge is 0.477 e. The SMILES string of the molecule is COC(=O)c1cc(Br)cnc1OCCc1ccncc1. The van der Waals surface area contributed by atoms with Crippen molar-refractivity contribution >= 4 is 21.9 Å². The van der Waals surface area contributed by atoms with Crippen molar-refractivity contribution < 1.29 is 14.3 Å². The minimum Gasteiger partial charge on any atom is -0.477 e. The number of hydrogen-bond acceptors (Lipinski definition) is 5. The normalized spacial score (nSPS) is 10.1. The van der Waals surface area contributed by atoms with Gasteiger partial charge in [-0.05, 0) is 39.7 Å². The van der Waals surface area contributed by atoms with Gasteiger partial charge >= 0.3 is 5.97 Å². The monoisotopic (exact) mass is 336 g/mol. The number of nitrogens with zero attached hydrogens (tertiary/aromatic N) is 2. The van der Waals surface area contributed by atoms with E-state index in [9.17, 15) is 4.79 Å². The summed E-state index contributed by atoms with van der Waals surface area (Å²) in [6, 6.07) is 5.46. The highest BCUT2D eigenvalue weighted by molar-refractivity contribution is 9.10. The highest BCUT2D eigenvalue weighted by Gasteiger charge is 2.15. The van der Waals surface area contributed by atoms with E-state index in [1.165, 1.54) is 7.11 Å². The number of carbonyl (C=O) groups excluding carboxylic acids is 1. The Labute approximate surface area is 125 Å². The summed E-state index contributed by atoms with van der Waals surface area (Å²) in [5.41, 5.74) is 1.41. The lowest BCUT2D eigenvalue weighted by Gasteiger charge is -2.09.